The first-order chi connectivity index (χ1) is 12.1. The Morgan fingerprint density at radius 3 is 2.80 bits per heavy atom. The van der Waals surface area contributed by atoms with E-state index in [1.807, 2.05) is 51.1 Å². The summed E-state index contributed by atoms with van der Waals surface area (Å²) in [5.74, 6) is 2.18. The van der Waals surface area contributed by atoms with Crippen molar-refractivity contribution in [3.05, 3.63) is 53.2 Å². The molecule has 1 aromatic carbocycles. The van der Waals surface area contributed by atoms with E-state index < -0.39 is 0 Å². The van der Waals surface area contributed by atoms with Crippen LogP contribution in [0.15, 0.2) is 39.9 Å². The standard InChI is InChI=1S/C17H16N6OS/c1-10-5-4-6-13(7-10)15-21-20-14(24-15)9-25-17-19-16-18-11(2)8-12(3)23(16)22-17/h4-8H,9H2,1-3H3. The molecule has 25 heavy (non-hydrogen) atoms. The molecule has 4 aromatic rings. The van der Waals surface area contributed by atoms with E-state index in [4.69, 9.17) is 4.42 Å². The third-order valence-electron chi connectivity index (χ3n) is 3.66. The lowest BCUT2D eigenvalue weighted by Crippen LogP contribution is -1.97. The first kappa shape index (κ1) is 15.8. The fraction of sp³-hybridized carbons (Fsp3) is 0.235. The van der Waals surface area contributed by atoms with Crippen LogP contribution in [-0.2, 0) is 5.75 Å². The highest BCUT2D eigenvalue weighted by Crippen LogP contribution is 2.23. The minimum atomic E-state index is 0.508. The fourth-order valence-corrected chi connectivity index (χ4v) is 3.20. The lowest BCUT2D eigenvalue weighted by molar-refractivity contribution is 0.528. The van der Waals surface area contributed by atoms with E-state index in [2.05, 4.69) is 25.3 Å². The fourth-order valence-electron chi connectivity index (χ4n) is 2.54. The summed E-state index contributed by atoms with van der Waals surface area (Å²) >= 11 is 1.45. The molecule has 7 nitrogen and oxygen atoms in total. The van der Waals surface area contributed by atoms with Gasteiger partial charge in [-0.1, -0.05) is 29.5 Å². The first-order valence-electron chi connectivity index (χ1n) is 7.82. The molecule has 0 amide bonds. The van der Waals surface area contributed by atoms with Crippen molar-refractivity contribution < 1.29 is 4.42 Å². The SMILES string of the molecule is Cc1cccc(-c2nnc(CSc3nc4nc(C)cc(C)n4n3)o2)c1. The summed E-state index contributed by atoms with van der Waals surface area (Å²) in [5.41, 5.74) is 4.00. The highest BCUT2D eigenvalue weighted by molar-refractivity contribution is 7.98. The Balaban J connectivity index is 1.51. The minimum absolute atomic E-state index is 0.508. The second kappa shape index (κ2) is 6.29. The van der Waals surface area contributed by atoms with E-state index >= 15 is 0 Å². The summed E-state index contributed by atoms with van der Waals surface area (Å²) in [7, 11) is 0. The maximum Gasteiger partial charge on any atom is 0.253 e. The Bertz CT molecular complexity index is 1050. The predicted molar refractivity (Wildman–Crippen MR) is 94.3 cm³/mol. The van der Waals surface area contributed by atoms with Crippen molar-refractivity contribution in [3.8, 4) is 11.5 Å². The van der Waals surface area contributed by atoms with Gasteiger partial charge in [-0.05, 0) is 39.0 Å². The molecule has 0 saturated carbocycles. The van der Waals surface area contributed by atoms with Crippen LogP contribution in [0.4, 0.5) is 0 Å². The molecule has 0 N–H and O–H groups in total. The van der Waals surface area contributed by atoms with Crippen LogP contribution in [0.1, 0.15) is 22.8 Å². The minimum Gasteiger partial charge on any atom is -0.420 e. The zero-order valence-corrected chi connectivity index (χ0v) is 14.9. The number of nitrogens with zero attached hydrogens (tertiary/aromatic N) is 6. The number of aromatic nitrogens is 6. The van der Waals surface area contributed by atoms with Gasteiger partial charge in [-0.3, -0.25) is 0 Å². The maximum absolute atomic E-state index is 5.74. The summed E-state index contributed by atoms with van der Waals surface area (Å²) in [5, 5.41) is 13.3. The smallest absolute Gasteiger partial charge is 0.253 e. The summed E-state index contributed by atoms with van der Waals surface area (Å²) < 4.78 is 7.48. The molecule has 0 spiro atoms. The third kappa shape index (κ3) is 3.25. The molecule has 0 fully saturated rings. The van der Waals surface area contributed by atoms with Gasteiger partial charge in [-0.25, -0.2) is 9.50 Å². The largest absolute Gasteiger partial charge is 0.420 e. The second-order valence-corrected chi connectivity index (χ2v) is 6.75. The van der Waals surface area contributed by atoms with E-state index in [1.54, 1.807) is 4.52 Å². The average Bonchev–Trinajstić information content (AvgIpc) is 3.19. The molecule has 0 bridgehead atoms. The molecule has 0 aliphatic heterocycles. The normalized spacial score (nSPS) is 11.3. The predicted octanol–water partition coefficient (Wildman–Crippen LogP) is 3.39. The van der Waals surface area contributed by atoms with Gasteiger partial charge in [0.2, 0.25) is 16.9 Å². The molecule has 0 atom stereocenters. The van der Waals surface area contributed by atoms with Gasteiger partial charge in [-0.15, -0.1) is 15.3 Å². The highest BCUT2D eigenvalue weighted by Gasteiger charge is 2.12. The molecule has 3 aromatic heterocycles. The number of aryl methyl sites for hydroxylation is 3. The van der Waals surface area contributed by atoms with Gasteiger partial charge in [0.05, 0.1) is 5.75 Å². The maximum atomic E-state index is 5.74. The zero-order valence-electron chi connectivity index (χ0n) is 14.1. The second-order valence-electron chi connectivity index (χ2n) is 5.80. The van der Waals surface area contributed by atoms with E-state index in [-0.39, 0.29) is 0 Å². The van der Waals surface area contributed by atoms with Crippen LogP contribution in [0, 0.1) is 20.8 Å². The van der Waals surface area contributed by atoms with Crippen LogP contribution in [0.2, 0.25) is 0 Å². The summed E-state index contributed by atoms with van der Waals surface area (Å²) in [6, 6.07) is 9.95. The molecule has 0 radical (unpaired) electrons. The molecule has 0 unspecified atom stereocenters. The molecular weight excluding hydrogens is 336 g/mol. The van der Waals surface area contributed by atoms with Gasteiger partial charge in [0.15, 0.2) is 0 Å². The van der Waals surface area contributed by atoms with Gasteiger partial charge < -0.3 is 4.42 Å². The Hall–Kier alpha value is -2.74. The van der Waals surface area contributed by atoms with Crippen molar-refractivity contribution in [1.82, 2.24) is 29.8 Å². The first-order valence-corrected chi connectivity index (χ1v) is 8.80. The molecule has 3 heterocycles. The molecule has 4 rings (SSSR count). The van der Waals surface area contributed by atoms with Crippen molar-refractivity contribution in [2.75, 3.05) is 0 Å². The Morgan fingerprint density at radius 1 is 1.08 bits per heavy atom. The van der Waals surface area contributed by atoms with Crippen LogP contribution in [0.5, 0.6) is 0 Å². The van der Waals surface area contributed by atoms with Crippen molar-refractivity contribution in [1.29, 1.82) is 0 Å². The Labute approximate surface area is 148 Å². The molecule has 8 heteroatoms. The Kier molecular flexibility index (Phi) is 3.96. The van der Waals surface area contributed by atoms with Crippen LogP contribution in [0.25, 0.3) is 17.2 Å². The van der Waals surface area contributed by atoms with Crippen molar-refractivity contribution in [2.45, 2.75) is 31.7 Å². The number of rotatable bonds is 4. The molecule has 126 valence electrons. The summed E-state index contributed by atoms with van der Waals surface area (Å²) in [6.45, 7) is 5.96. The van der Waals surface area contributed by atoms with E-state index in [0.29, 0.717) is 28.5 Å². The van der Waals surface area contributed by atoms with Gasteiger partial charge >= 0.3 is 0 Å². The lowest BCUT2D eigenvalue weighted by atomic mass is 10.1. The quantitative estimate of drug-likeness (QED) is 0.521. The van der Waals surface area contributed by atoms with Crippen LogP contribution in [0.3, 0.4) is 0 Å². The lowest BCUT2D eigenvalue weighted by Gasteiger charge is -1.97. The number of hydrogen-bond acceptors (Lipinski definition) is 7. The summed E-state index contributed by atoms with van der Waals surface area (Å²) in [6.07, 6.45) is 0. The van der Waals surface area contributed by atoms with Crippen molar-refractivity contribution in [3.63, 3.8) is 0 Å². The van der Waals surface area contributed by atoms with Crippen LogP contribution >= 0.6 is 11.8 Å². The number of fused-ring (bicyclic) bond motifs is 1. The third-order valence-corrected chi connectivity index (χ3v) is 4.48. The van der Waals surface area contributed by atoms with E-state index in [0.717, 1.165) is 22.5 Å². The van der Waals surface area contributed by atoms with Crippen LogP contribution in [-0.4, -0.2) is 29.8 Å². The van der Waals surface area contributed by atoms with Gasteiger partial charge in [-0.2, -0.15) is 4.98 Å². The topological polar surface area (TPSA) is 82.0 Å². The van der Waals surface area contributed by atoms with Gasteiger partial charge in [0.25, 0.3) is 5.78 Å². The van der Waals surface area contributed by atoms with Gasteiger partial charge in [0, 0.05) is 17.0 Å². The number of hydrogen-bond donors (Lipinski definition) is 0. The van der Waals surface area contributed by atoms with Crippen molar-refractivity contribution >= 4 is 17.5 Å². The molecule has 0 saturated heterocycles. The Morgan fingerprint density at radius 2 is 1.96 bits per heavy atom. The monoisotopic (exact) mass is 352 g/mol. The van der Waals surface area contributed by atoms with Crippen molar-refractivity contribution in [2.24, 2.45) is 0 Å². The number of benzene rings is 1. The molecule has 0 aliphatic carbocycles. The highest BCUT2D eigenvalue weighted by atomic mass is 32.2. The zero-order chi connectivity index (χ0) is 17.4. The van der Waals surface area contributed by atoms with Crippen LogP contribution < -0.4 is 0 Å². The van der Waals surface area contributed by atoms with E-state index in [1.165, 1.54) is 11.8 Å². The summed E-state index contributed by atoms with van der Waals surface area (Å²) in [4.78, 5) is 8.83. The molecule has 0 aliphatic rings. The number of thioether (sulfide) groups is 1. The average molecular weight is 352 g/mol. The van der Waals surface area contributed by atoms with Gasteiger partial charge in [0.1, 0.15) is 0 Å². The molecular formula is C17H16N6OS. The van der Waals surface area contributed by atoms with E-state index in [9.17, 15) is 0 Å².